The molecule has 1 aromatic rings. The molecule has 0 aliphatic carbocycles. The van der Waals surface area contributed by atoms with Crippen LogP contribution in [0.15, 0.2) is 21.6 Å². The fourth-order valence-electron chi connectivity index (χ4n) is 3.25. The van der Waals surface area contributed by atoms with Crippen LogP contribution in [0.2, 0.25) is 0 Å². The van der Waals surface area contributed by atoms with E-state index < -0.39 is 16.1 Å². The molecule has 7 heteroatoms. The summed E-state index contributed by atoms with van der Waals surface area (Å²) in [5.74, 6) is 0.502. The molecular formula is C15H22N2O4S. The van der Waals surface area contributed by atoms with Crippen molar-refractivity contribution in [2.45, 2.75) is 50.2 Å². The molecule has 0 bridgehead atoms. The van der Waals surface area contributed by atoms with Crippen LogP contribution in [0.25, 0.3) is 0 Å². The molecule has 2 aliphatic rings. The highest BCUT2D eigenvalue weighted by atomic mass is 32.2. The molecule has 0 spiro atoms. The lowest BCUT2D eigenvalue weighted by molar-refractivity contribution is -0.135. The first-order chi connectivity index (χ1) is 10.5. The lowest BCUT2D eigenvalue weighted by Crippen LogP contribution is -2.52. The highest BCUT2D eigenvalue weighted by molar-refractivity contribution is 7.89. The second-order valence-electron chi connectivity index (χ2n) is 6.02. The van der Waals surface area contributed by atoms with Gasteiger partial charge in [0.2, 0.25) is 11.0 Å². The van der Waals surface area contributed by atoms with Crippen molar-refractivity contribution in [2.24, 2.45) is 0 Å². The largest absolute Gasteiger partial charge is 0.449 e. The molecule has 1 aromatic heterocycles. The maximum absolute atomic E-state index is 12.8. The van der Waals surface area contributed by atoms with E-state index in [2.05, 4.69) is 0 Å². The topological polar surface area (TPSA) is 70.8 Å². The number of hydrogen-bond donors (Lipinski definition) is 0. The summed E-state index contributed by atoms with van der Waals surface area (Å²) >= 11 is 0. The van der Waals surface area contributed by atoms with Crippen molar-refractivity contribution >= 4 is 15.9 Å². The Kier molecular flexibility index (Phi) is 4.27. The SMILES string of the molecule is Cc1ccc(S(=O)(=O)N2CCCC[C@@H]2C(=O)N2CCCC2)o1. The summed E-state index contributed by atoms with van der Waals surface area (Å²) in [5, 5.41) is -0.0638. The molecule has 1 atom stereocenters. The Hall–Kier alpha value is -1.34. The second-order valence-corrected chi connectivity index (χ2v) is 7.85. The number of furan rings is 1. The Morgan fingerprint density at radius 3 is 2.45 bits per heavy atom. The fraction of sp³-hybridized carbons (Fsp3) is 0.667. The molecule has 1 amide bonds. The lowest BCUT2D eigenvalue weighted by Gasteiger charge is -2.35. The third-order valence-corrected chi connectivity index (χ3v) is 6.22. The van der Waals surface area contributed by atoms with Crippen molar-refractivity contribution in [1.29, 1.82) is 0 Å². The van der Waals surface area contributed by atoms with E-state index in [4.69, 9.17) is 4.42 Å². The van der Waals surface area contributed by atoms with Gasteiger partial charge in [-0.1, -0.05) is 6.42 Å². The van der Waals surface area contributed by atoms with Gasteiger partial charge in [-0.25, -0.2) is 8.42 Å². The zero-order valence-electron chi connectivity index (χ0n) is 12.8. The van der Waals surface area contributed by atoms with Crippen molar-refractivity contribution in [3.8, 4) is 0 Å². The molecule has 3 rings (SSSR count). The third kappa shape index (κ3) is 2.79. The molecule has 0 radical (unpaired) electrons. The van der Waals surface area contributed by atoms with E-state index in [1.807, 2.05) is 0 Å². The van der Waals surface area contributed by atoms with Gasteiger partial charge >= 0.3 is 0 Å². The summed E-state index contributed by atoms with van der Waals surface area (Å²) in [6.07, 6.45) is 4.26. The van der Waals surface area contributed by atoms with Gasteiger partial charge in [0.1, 0.15) is 11.8 Å². The minimum atomic E-state index is -3.75. The van der Waals surface area contributed by atoms with Gasteiger partial charge in [-0.2, -0.15) is 4.31 Å². The number of aryl methyl sites for hydroxylation is 1. The maximum Gasteiger partial charge on any atom is 0.277 e. The normalized spacial score (nSPS) is 23.9. The molecule has 6 nitrogen and oxygen atoms in total. The molecule has 22 heavy (non-hydrogen) atoms. The summed E-state index contributed by atoms with van der Waals surface area (Å²) < 4.78 is 32.2. The van der Waals surface area contributed by atoms with Gasteiger partial charge in [-0.05, 0) is 44.7 Å². The van der Waals surface area contributed by atoms with Gasteiger partial charge in [0.25, 0.3) is 10.0 Å². The van der Waals surface area contributed by atoms with Gasteiger partial charge in [0.05, 0.1) is 0 Å². The molecule has 2 aliphatic heterocycles. The standard InChI is InChI=1S/C15H22N2O4S/c1-12-7-8-14(21-12)22(19,20)17-11-3-2-6-13(17)15(18)16-9-4-5-10-16/h7-8,13H,2-6,9-11H2,1H3/t13-/m1/s1. The van der Waals surface area contributed by atoms with Crippen molar-refractivity contribution in [1.82, 2.24) is 9.21 Å². The fourth-order valence-corrected chi connectivity index (χ4v) is 4.86. The first-order valence-corrected chi connectivity index (χ1v) is 9.31. The molecule has 2 saturated heterocycles. The van der Waals surface area contributed by atoms with Gasteiger partial charge in [0.15, 0.2) is 0 Å². The predicted molar refractivity (Wildman–Crippen MR) is 80.8 cm³/mol. The van der Waals surface area contributed by atoms with Crippen LogP contribution in [0.3, 0.4) is 0 Å². The number of nitrogens with zero attached hydrogens (tertiary/aromatic N) is 2. The van der Waals surface area contributed by atoms with Crippen LogP contribution in [-0.2, 0) is 14.8 Å². The molecule has 2 fully saturated rings. The van der Waals surface area contributed by atoms with E-state index in [1.165, 1.54) is 10.4 Å². The van der Waals surface area contributed by atoms with Gasteiger partial charge in [-0.15, -0.1) is 0 Å². The average Bonchev–Trinajstić information content (AvgIpc) is 3.18. The molecular weight excluding hydrogens is 304 g/mol. The van der Waals surface area contributed by atoms with Crippen molar-refractivity contribution in [3.05, 3.63) is 17.9 Å². The number of hydrogen-bond acceptors (Lipinski definition) is 4. The van der Waals surface area contributed by atoms with Crippen LogP contribution in [0.4, 0.5) is 0 Å². The van der Waals surface area contributed by atoms with Crippen molar-refractivity contribution in [3.63, 3.8) is 0 Å². The lowest BCUT2D eigenvalue weighted by atomic mass is 10.0. The van der Waals surface area contributed by atoms with Crippen LogP contribution in [0.1, 0.15) is 37.9 Å². The molecule has 0 N–H and O–H groups in total. The number of likely N-dealkylation sites (tertiary alicyclic amines) is 1. The van der Waals surface area contributed by atoms with Crippen LogP contribution in [0.5, 0.6) is 0 Å². The number of piperidine rings is 1. The van der Waals surface area contributed by atoms with E-state index in [0.29, 0.717) is 18.7 Å². The van der Waals surface area contributed by atoms with Gasteiger partial charge in [-0.3, -0.25) is 4.79 Å². The van der Waals surface area contributed by atoms with Crippen molar-refractivity contribution < 1.29 is 17.6 Å². The highest BCUT2D eigenvalue weighted by Crippen LogP contribution is 2.28. The van der Waals surface area contributed by atoms with E-state index in [1.54, 1.807) is 17.9 Å². The number of sulfonamides is 1. The Morgan fingerprint density at radius 1 is 1.14 bits per heavy atom. The Morgan fingerprint density at radius 2 is 1.82 bits per heavy atom. The maximum atomic E-state index is 12.8. The summed E-state index contributed by atoms with van der Waals surface area (Å²) in [7, 11) is -3.75. The van der Waals surface area contributed by atoms with Crippen LogP contribution in [0, 0.1) is 6.92 Å². The minimum absolute atomic E-state index is 0.0518. The zero-order valence-corrected chi connectivity index (χ0v) is 13.6. The molecule has 3 heterocycles. The Balaban J connectivity index is 1.87. The first kappa shape index (κ1) is 15.6. The summed E-state index contributed by atoms with van der Waals surface area (Å²) in [5.41, 5.74) is 0. The zero-order chi connectivity index (χ0) is 15.7. The average molecular weight is 326 g/mol. The molecule has 0 aromatic carbocycles. The summed E-state index contributed by atoms with van der Waals surface area (Å²) in [6, 6.07) is 2.52. The van der Waals surface area contributed by atoms with E-state index in [-0.39, 0.29) is 11.0 Å². The monoisotopic (exact) mass is 326 g/mol. The van der Waals surface area contributed by atoms with E-state index in [0.717, 1.165) is 38.8 Å². The Labute approximate surface area is 131 Å². The number of amides is 1. The van der Waals surface area contributed by atoms with Crippen molar-refractivity contribution in [2.75, 3.05) is 19.6 Å². The Bertz CT molecular complexity index is 646. The molecule has 122 valence electrons. The quantitative estimate of drug-likeness (QED) is 0.848. The van der Waals surface area contributed by atoms with E-state index in [9.17, 15) is 13.2 Å². The van der Waals surface area contributed by atoms with Gasteiger partial charge in [0, 0.05) is 19.6 Å². The third-order valence-electron chi connectivity index (χ3n) is 4.44. The van der Waals surface area contributed by atoms with E-state index >= 15 is 0 Å². The summed E-state index contributed by atoms with van der Waals surface area (Å²) in [6.45, 7) is 3.57. The number of carbonyl (C=O) groups is 1. The number of rotatable bonds is 3. The summed E-state index contributed by atoms with van der Waals surface area (Å²) in [4.78, 5) is 14.5. The van der Waals surface area contributed by atoms with Crippen LogP contribution < -0.4 is 0 Å². The first-order valence-electron chi connectivity index (χ1n) is 7.87. The highest BCUT2D eigenvalue weighted by Gasteiger charge is 2.41. The second kappa shape index (κ2) is 6.04. The minimum Gasteiger partial charge on any atom is -0.449 e. The predicted octanol–water partition coefficient (Wildman–Crippen LogP) is 1.75. The molecule has 0 unspecified atom stereocenters. The van der Waals surface area contributed by atoms with Gasteiger partial charge < -0.3 is 9.32 Å². The smallest absolute Gasteiger partial charge is 0.277 e. The van der Waals surface area contributed by atoms with Crippen LogP contribution in [-0.4, -0.2) is 49.2 Å². The van der Waals surface area contributed by atoms with Crippen LogP contribution >= 0.6 is 0 Å². The molecule has 0 saturated carbocycles. The number of carbonyl (C=O) groups excluding carboxylic acids is 1.